The summed E-state index contributed by atoms with van der Waals surface area (Å²) in [6, 6.07) is 3.12. The Kier molecular flexibility index (Phi) is 3.12. The van der Waals surface area contributed by atoms with Crippen molar-refractivity contribution in [2.45, 2.75) is 27.2 Å². The Morgan fingerprint density at radius 1 is 1.12 bits per heavy atom. The second kappa shape index (κ2) is 4.04. The number of ketones is 1. The van der Waals surface area contributed by atoms with Crippen LogP contribution in [0.25, 0.3) is 0 Å². The van der Waals surface area contributed by atoms with E-state index in [0.29, 0.717) is 29.0 Å². The van der Waals surface area contributed by atoms with Gasteiger partial charge in [0.2, 0.25) is 0 Å². The number of anilines is 3. The Bertz CT molecular complexity index is 396. The summed E-state index contributed by atoms with van der Waals surface area (Å²) < 4.78 is 0. The topological polar surface area (TPSA) is 95.1 Å². The third-order valence-electron chi connectivity index (χ3n) is 2.19. The summed E-state index contributed by atoms with van der Waals surface area (Å²) in [6.07, 6.45) is 0.408. The first-order valence-electron chi connectivity index (χ1n) is 5.18. The van der Waals surface area contributed by atoms with Crippen LogP contribution in [-0.4, -0.2) is 5.78 Å². The van der Waals surface area contributed by atoms with E-state index in [2.05, 4.69) is 0 Å². The fraction of sp³-hybridized carbons (Fsp3) is 0.417. The first-order chi connectivity index (χ1) is 7.20. The van der Waals surface area contributed by atoms with Crippen molar-refractivity contribution < 1.29 is 4.79 Å². The van der Waals surface area contributed by atoms with Gasteiger partial charge in [-0.05, 0) is 17.5 Å². The Balaban J connectivity index is 3.10. The van der Waals surface area contributed by atoms with Gasteiger partial charge in [0.1, 0.15) is 0 Å². The number of rotatable bonds is 2. The molecule has 0 atom stereocenters. The Hall–Kier alpha value is -1.71. The molecule has 0 aromatic heterocycles. The lowest BCUT2D eigenvalue weighted by molar-refractivity contribution is 0.0941. The van der Waals surface area contributed by atoms with Gasteiger partial charge < -0.3 is 17.2 Å². The van der Waals surface area contributed by atoms with Gasteiger partial charge in [0.15, 0.2) is 5.78 Å². The second-order valence-electron chi connectivity index (χ2n) is 5.23. The van der Waals surface area contributed by atoms with Gasteiger partial charge >= 0.3 is 0 Å². The summed E-state index contributed by atoms with van der Waals surface area (Å²) in [7, 11) is 0. The largest absolute Gasteiger partial charge is 0.399 e. The summed E-state index contributed by atoms with van der Waals surface area (Å²) >= 11 is 0. The third kappa shape index (κ3) is 2.89. The first kappa shape index (κ1) is 12.4. The zero-order valence-electron chi connectivity index (χ0n) is 10.0. The van der Waals surface area contributed by atoms with Crippen LogP contribution in [0.15, 0.2) is 12.1 Å². The van der Waals surface area contributed by atoms with Gasteiger partial charge in [-0.2, -0.15) is 0 Å². The number of hydrogen-bond donors (Lipinski definition) is 3. The molecular weight excluding hydrogens is 202 g/mol. The highest BCUT2D eigenvalue weighted by molar-refractivity contribution is 6.06. The molecule has 0 amide bonds. The third-order valence-corrected chi connectivity index (χ3v) is 2.19. The summed E-state index contributed by atoms with van der Waals surface area (Å²) in [4.78, 5) is 12.0. The summed E-state index contributed by atoms with van der Waals surface area (Å²) in [6.45, 7) is 5.98. The van der Waals surface area contributed by atoms with E-state index in [1.54, 1.807) is 12.1 Å². The number of nitrogen functional groups attached to an aromatic ring is 3. The number of hydrogen-bond acceptors (Lipinski definition) is 4. The fourth-order valence-electron chi connectivity index (χ4n) is 1.60. The SMILES string of the molecule is CC(C)(C)CC(=O)c1c(N)cc(N)cc1N. The van der Waals surface area contributed by atoms with E-state index < -0.39 is 0 Å². The molecule has 0 radical (unpaired) electrons. The zero-order chi connectivity index (χ0) is 12.5. The average molecular weight is 221 g/mol. The maximum absolute atomic E-state index is 12.0. The minimum atomic E-state index is -0.0860. The molecule has 1 aromatic rings. The van der Waals surface area contributed by atoms with E-state index in [4.69, 9.17) is 17.2 Å². The van der Waals surface area contributed by atoms with E-state index in [-0.39, 0.29) is 11.2 Å². The van der Waals surface area contributed by atoms with Crippen LogP contribution in [0.2, 0.25) is 0 Å². The predicted molar refractivity (Wildman–Crippen MR) is 68.1 cm³/mol. The Morgan fingerprint density at radius 2 is 1.56 bits per heavy atom. The van der Waals surface area contributed by atoms with Gasteiger partial charge in [0.05, 0.1) is 5.56 Å². The number of carbonyl (C=O) groups is 1. The lowest BCUT2D eigenvalue weighted by Gasteiger charge is -2.18. The van der Waals surface area contributed by atoms with E-state index in [1.165, 1.54) is 0 Å². The number of nitrogens with two attached hydrogens (primary N) is 3. The quantitative estimate of drug-likeness (QED) is 0.526. The van der Waals surface area contributed by atoms with Crippen molar-refractivity contribution in [3.05, 3.63) is 17.7 Å². The predicted octanol–water partition coefficient (Wildman–Crippen LogP) is 2.05. The summed E-state index contributed by atoms with van der Waals surface area (Å²) in [5.41, 5.74) is 18.6. The molecule has 0 saturated carbocycles. The van der Waals surface area contributed by atoms with Crippen LogP contribution in [0.3, 0.4) is 0 Å². The smallest absolute Gasteiger partial charge is 0.167 e. The molecule has 0 aliphatic rings. The molecule has 1 rings (SSSR count). The van der Waals surface area contributed by atoms with Crippen molar-refractivity contribution in [3.8, 4) is 0 Å². The van der Waals surface area contributed by atoms with Crippen LogP contribution in [0, 0.1) is 5.41 Å². The van der Waals surface area contributed by atoms with Gasteiger partial charge in [0.25, 0.3) is 0 Å². The summed E-state index contributed by atoms with van der Waals surface area (Å²) in [5.74, 6) is -0.0394. The fourth-order valence-corrected chi connectivity index (χ4v) is 1.60. The Labute approximate surface area is 95.8 Å². The van der Waals surface area contributed by atoms with Crippen LogP contribution in [0.4, 0.5) is 17.1 Å². The average Bonchev–Trinajstić information content (AvgIpc) is 1.96. The maximum atomic E-state index is 12.0. The molecular formula is C12H19N3O. The lowest BCUT2D eigenvalue weighted by Crippen LogP contribution is -2.16. The van der Waals surface area contributed by atoms with Crippen LogP contribution < -0.4 is 17.2 Å². The van der Waals surface area contributed by atoms with Gasteiger partial charge in [-0.1, -0.05) is 20.8 Å². The normalized spacial score (nSPS) is 11.4. The second-order valence-corrected chi connectivity index (χ2v) is 5.23. The molecule has 0 fully saturated rings. The van der Waals surface area contributed by atoms with Crippen LogP contribution in [0.1, 0.15) is 37.6 Å². The zero-order valence-corrected chi connectivity index (χ0v) is 10.0. The number of benzene rings is 1. The van der Waals surface area contributed by atoms with Crippen molar-refractivity contribution in [2.24, 2.45) is 5.41 Å². The lowest BCUT2D eigenvalue weighted by atomic mass is 9.87. The first-order valence-corrected chi connectivity index (χ1v) is 5.18. The molecule has 0 saturated heterocycles. The summed E-state index contributed by atoms with van der Waals surface area (Å²) in [5, 5.41) is 0. The minimum absolute atomic E-state index is 0.0394. The molecule has 4 nitrogen and oxygen atoms in total. The van der Waals surface area contributed by atoms with Crippen molar-refractivity contribution in [3.63, 3.8) is 0 Å². The standard InChI is InChI=1S/C12H19N3O/c1-12(2,3)6-10(16)11-8(14)4-7(13)5-9(11)15/h4-5H,6,13-15H2,1-3H3. The van der Waals surface area contributed by atoms with Gasteiger partial charge in [-0.25, -0.2) is 0 Å². The van der Waals surface area contributed by atoms with Gasteiger partial charge in [-0.3, -0.25) is 4.79 Å². The molecule has 88 valence electrons. The van der Waals surface area contributed by atoms with Crippen molar-refractivity contribution in [1.82, 2.24) is 0 Å². The Morgan fingerprint density at radius 3 is 1.94 bits per heavy atom. The molecule has 1 aromatic carbocycles. The minimum Gasteiger partial charge on any atom is -0.399 e. The molecule has 0 spiro atoms. The molecule has 4 heteroatoms. The molecule has 0 aliphatic heterocycles. The molecule has 0 aliphatic carbocycles. The van der Waals surface area contributed by atoms with Crippen molar-refractivity contribution >= 4 is 22.8 Å². The van der Waals surface area contributed by atoms with Crippen molar-refractivity contribution in [2.75, 3.05) is 17.2 Å². The van der Waals surface area contributed by atoms with Gasteiger partial charge in [-0.15, -0.1) is 0 Å². The van der Waals surface area contributed by atoms with Gasteiger partial charge in [0, 0.05) is 23.5 Å². The van der Waals surface area contributed by atoms with Crippen LogP contribution >= 0.6 is 0 Å². The van der Waals surface area contributed by atoms with E-state index in [0.717, 1.165) is 0 Å². The molecule has 6 N–H and O–H groups in total. The number of Topliss-reactive ketones (excluding diaryl/α,β-unsaturated/α-hetero) is 1. The molecule has 0 bridgehead atoms. The monoisotopic (exact) mass is 221 g/mol. The number of carbonyl (C=O) groups excluding carboxylic acids is 1. The van der Waals surface area contributed by atoms with E-state index in [9.17, 15) is 4.79 Å². The van der Waals surface area contributed by atoms with Crippen LogP contribution in [-0.2, 0) is 0 Å². The highest BCUT2D eigenvalue weighted by Crippen LogP contribution is 2.29. The maximum Gasteiger partial charge on any atom is 0.167 e. The molecule has 16 heavy (non-hydrogen) atoms. The van der Waals surface area contributed by atoms with Crippen LogP contribution in [0.5, 0.6) is 0 Å². The molecule has 0 heterocycles. The highest BCUT2D eigenvalue weighted by Gasteiger charge is 2.21. The highest BCUT2D eigenvalue weighted by atomic mass is 16.1. The molecule has 0 unspecified atom stereocenters. The van der Waals surface area contributed by atoms with E-state index in [1.807, 2.05) is 20.8 Å². The van der Waals surface area contributed by atoms with E-state index >= 15 is 0 Å². The van der Waals surface area contributed by atoms with Crippen molar-refractivity contribution in [1.29, 1.82) is 0 Å².